The van der Waals surface area contributed by atoms with Crippen molar-refractivity contribution in [2.24, 2.45) is 0 Å². The van der Waals surface area contributed by atoms with Crippen molar-refractivity contribution in [2.75, 3.05) is 0 Å². The molecule has 0 aromatic heterocycles. The standard InChI is InChI=1S/C17H25NO2/c1-4-6-8-13-16(5-2)20-17(19)18-14(3)15-11-9-7-10-12-15/h5,7,9-12,14,16H,2,4,6,8,13H2,1,3H3,(H,18,19). The van der Waals surface area contributed by atoms with E-state index < -0.39 is 0 Å². The Hall–Kier alpha value is -1.77. The second-order valence-corrected chi connectivity index (χ2v) is 4.95. The lowest BCUT2D eigenvalue weighted by Crippen LogP contribution is -2.30. The smallest absolute Gasteiger partial charge is 0.408 e. The largest absolute Gasteiger partial charge is 0.442 e. The Kier molecular flexibility index (Phi) is 7.48. The van der Waals surface area contributed by atoms with Gasteiger partial charge in [0.25, 0.3) is 0 Å². The van der Waals surface area contributed by atoms with Gasteiger partial charge in [0.2, 0.25) is 0 Å². The quantitative estimate of drug-likeness (QED) is 0.556. The minimum Gasteiger partial charge on any atom is -0.442 e. The highest BCUT2D eigenvalue weighted by molar-refractivity contribution is 5.68. The third kappa shape index (κ3) is 5.91. The highest BCUT2D eigenvalue weighted by Crippen LogP contribution is 2.13. The molecule has 0 saturated carbocycles. The zero-order valence-corrected chi connectivity index (χ0v) is 12.5. The number of carbonyl (C=O) groups is 1. The first kappa shape index (κ1) is 16.3. The van der Waals surface area contributed by atoms with Crippen LogP contribution in [0.15, 0.2) is 43.0 Å². The predicted octanol–water partition coefficient (Wildman–Crippen LogP) is 4.61. The van der Waals surface area contributed by atoms with Crippen molar-refractivity contribution in [1.82, 2.24) is 5.32 Å². The van der Waals surface area contributed by atoms with E-state index >= 15 is 0 Å². The molecule has 1 rings (SSSR count). The first-order valence-electron chi connectivity index (χ1n) is 7.32. The van der Waals surface area contributed by atoms with Gasteiger partial charge < -0.3 is 10.1 Å². The van der Waals surface area contributed by atoms with Crippen LogP contribution in [-0.4, -0.2) is 12.2 Å². The third-order valence-electron chi connectivity index (χ3n) is 3.25. The fraction of sp³-hybridized carbons (Fsp3) is 0.471. The molecule has 0 heterocycles. The van der Waals surface area contributed by atoms with Gasteiger partial charge in [-0.15, -0.1) is 0 Å². The maximum Gasteiger partial charge on any atom is 0.408 e. The zero-order valence-electron chi connectivity index (χ0n) is 12.5. The summed E-state index contributed by atoms with van der Waals surface area (Å²) in [6.07, 6.45) is 5.30. The molecular formula is C17H25NO2. The summed E-state index contributed by atoms with van der Waals surface area (Å²) < 4.78 is 5.37. The number of carbonyl (C=O) groups excluding carboxylic acids is 1. The van der Waals surface area contributed by atoms with Gasteiger partial charge in [-0.25, -0.2) is 4.79 Å². The van der Waals surface area contributed by atoms with Crippen molar-refractivity contribution >= 4 is 6.09 Å². The molecule has 0 aliphatic carbocycles. The Labute approximate surface area is 122 Å². The van der Waals surface area contributed by atoms with Crippen molar-refractivity contribution in [3.8, 4) is 0 Å². The molecule has 1 amide bonds. The molecule has 3 heteroatoms. The lowest BCUT2D eigenvalue weighted by molar-refractivity contribution is 0.111. The van der Waals surface area contributed by atoms with E-state index in [1.165, 1.54) is 0 Å². The second kappa shape index (κ2) is 9.18. The number of ether oxygens (including phenoxy) is 1. The predicted molar refractivity (Wildman–Crippen MR) is 82.6 cm³/mol. The molecule has 0 saturated heterocycles. The molecule has 110 valence electrons. The van der Waals surface area contributed by atoms with Crippen LogP contribution in [0.5, 0.6) is 0 Å². The van der Waals surface area contributed by atoms with Crippen LogP contribution in [-0.2, 0) is 4.74 Å². The van der Waals surface area contributed by atoms with Crippen molar-refractivity contribution in [1.29, 1.82) is 0 Å². The van der Waals surface area contributed by atoms with E-state index in [0.29, 0.717) is 0 Å². The molecule has 0 aliphatic rings. The van der Waals surface area contributed by atoms with Crippen LogP contribution in [0.4, 0.5) is 4.79 Å². The molecule has 1 aromatic carbocycles. The first-order valence-corrected chi connectivity index (χ1v) is 7.32. The Bertz CT molecular complexity index is 403. The minimum absolute atomic E-state index is 0.0650. The van der Waals surface area contributed by atoms with Gasteiger partial charge >= 0.3 is 6.09 Å². The topological polar surface area (TPSA) is 38.3 Å². The number of unbranched alkanes of at least 4 members (excludes halogenated alkanes) is 2. The number of alkyl carbamates (subject to hydrolysis) is 1. The lowest BCUT2D eigenvalue weighted by atomic mass is 10.1. The number of rotatable bonds is 8. The van der Waals surface area contributed by atoms with Gasteiger partial charge in [-0.05, 0) is 25.3 Å². The minimum atomic E-state index is -0.386. The van der Waals surface area contributed by atoms with Crippen LogP contribution < -0.4 is 5.32 Å². The normalized spacial score (nSPS) is 13.3. The zero-order chi connectivity index (χ0) is 14.8. The summed E-state index contributed by atoms with van der Waals surface area (Å²) >= 11 is 0. The van der Waals surface area contributed by atoms with Crippen molar-refractivity contribution in [3.63, 3.8) is 0 Å². The molecule has 0 aliphatic heterocycles. The molecule has 2 atom stereocenters. The van der Waals surface area contributed by atoms with Crippen LogP contribution in [0.3, 0.4) is 0 Å². The average molecular weight is 275 g/mol. The van der Waals surface area contributed by atoms with E-state index in [1.54, 1.807) is 6.08 Å². The molecule has 0 fully saturated rings. The van der Waals surface area contributed by atoms with Crippen LogP contribution in [0.25, 0.3) is 0 Å². The summed E-state index contributed by atoms with van der Waals surface area (Å²) in [5, 5.41) is 2.84. The SMILES string of the molecule is C=CC(CCCCC)OC(=O)NC(C)c1ccccc1. The van der Waals surface area contributed by atoms with Crippen LogP contribution in [0, 0.1) is 0 Å². The molecule has 20 heavy (non-hydrogen) atoms. The summed E-state index contributed by atoms with van der Waals surface area (Å²) in [6.45, 7) is 7.82. The van der Waals surface area contributed by atoms with Gasteiger partial charge in [-0.3, -0.25) is 0 Å². The van der Waals surface area contributed by atoms with Crippen molar-refractivity contribution in [3.05, 3.63) is 48.6 Å². The average Bonchev–Trinajstić information content (AvgIpc) is 2.47. The number of hydrogen-bond donors (Lipinski definition) is 1. The van der Waals surface area contributed by atoms with E-state index in [2.05, 4.69) is 18.8 Å². The highest BCUT2D eigenvalue weighted by Gasteiger charge is 2.14. The summed E-state index contributed by atoms with van der Waals surface area (Å²) in [4.78, 5) is 11.8. The van der Waals surface area contributed by atoms with E-state index in [1.807, 2.05) is 37.3 Å². The highest BCUT2D eigenvalue weighted by atomic mass is 16.6. The van der Waals surface area contributed by atoms with Gasteiger partial charge in [0, 0.05) is 0 Å². The monoisotopic (exact) mass is 275 g/mol. The van der Waals surface area contributed by atoms with Crippen LogP contribution in [0.1, 0.15) is 51.1 Å². The molecule has 1 N–H and O–H groups in total. The number of amides is 1. The fourth-order valence-corrected chi connectivity index (χ4v) is 1.99. The number of nitrogens with one attached hydrogen (secondary N) is 1. The van der Waals surface area contributed by atoms with E-state index in [9.17, 15) is 4.79 Å². The Morgan fingerprint density at radius 3 is 2.65 bits per heavy atom. The van der Waals surface area contributed by atoms with Gasteiger partial charge in [0.1, 0.15) is 6.10 Å². The molecule has 0 spiro atoms. The summed E-state index contributed by atoms with van der Waals surface area (Å²) in [5.41, 5.74) is 1.06. The third-order valence-corrected chi connectivity index (χ3v) is 3.25. The van der Waals surface area contributed by atoms with Gasteiger partial charge in [-0.1, -0.05) is 62.8 Å². The van der Waals surface area contributed by atoms with E-state index in [4.69, 9.17) is 4.74 Å². The van der Waals surface area contributed by atoms with E-state index in [0.717, 1.165) is 31.2 Å². The Morgan fingerprint density at radius 2 is 2.05 bits per heavy atom. The van der Waals surface area contributed by atoms with E-state index in [-0.39, 0.29) is 18.2 Å². The Morgan fingerprint density at radius 1 is 1.35 bits per heavy atom. The molecule has 0 radical (unpaired) electrons. The molecule has 3 nitrogen and oxygen atoms in total. The molecular weight excluding hydrogens is 250 g/mol. The van der Waals surface area contributed by atoms with Crippen molar-refractivity contribution < 1.29 is 9.53 Å². The Balaban J connectivity index is 2.39. The van der Waals surface area contributed by atoms with Gasteiger partial charge in [0.15, 0.2) is 0 Å². The first-order chi connectivity index (χ1) is 9.67. The van der Waals surface area contributed by atoms with Crippen LogP contribution in [0.2, 0.25) is 0 Å². The maximum atomic E-state index is 11.8. The van der Waals surface area contributed by atoms with Gasteiger partial charge in [0.05, 0.1) is 6.04 Å². The lowest BCUT2D eigenvalue weighted by Gasteiger charge is -2.18. The number of hydrogen-bond acceptors (Lipinski definition) is 2. The fourth-order valence-electron chi connectivity index (χ4n) is 1.99. The molecule has 2 unspecified atom stereocenters. The molecule has 0 bridgehead atoms. The summed E-state index contributed by atoms with van der Waals surface area (Å²) in [6, 6.07) is 9.77. The summed E-state index contributed by atoms with van der Waals surface area (Å²) in [5.74, 6) is 0. The molecule has 1 aromatic rings. The maximum absolute atomic E-state index is 11.8. The van der Waals surface area contributed by atoms with Crippen molar-refractivity contribution in [2.45, 2.75) is 51.7 Å². The van der Waals surface area contributed by atoms with Crippen LogP contribution >= 0.6 is 0 Å². The second-order valence-electron chi connectivity index (χ2n) is 4.95. The summed E-state index contributed by atoms with van der Waals surface area (Å²) in [7, 11) is 0. The number of benzene rings is 1. The van der Waals surface area contributed by atoms with Gasteiger partial charge in [-0.2, -0.15) is 0 Å².